The van der Waals surface area contributed by atoms with Crippen LogP contribution in [0.3, 0.4) is 0 Å². The van der Waals surface area contributed by atoms with Crippen molar-refractivity contribution in [3.05, 3.63) is 54.1 Å². The second kappa shape index (κ2) is 9.63. The van der Waals surface area contributed by atoms with Gasteiger partial charge in [0.25, 0.3) is 5.91 Å². The number of para-hydroxylation sites is 3. The van der Waals surface area contributed by atoms with Gasteiger partial charge in [-0.1, -0.05) is 30.3 Å². The Morgan fingerprint density at radius 3 is 2.21 bits per heavy atom. The average molecular weight is 396 g/mol. The number of carbonyl (C=O) groups excluding carboxylic acids is 2. The molecule has 9 heteroatoms. The molecule has 0 fully saturated rings. The van der Waals surface area contributed by atoms with Crippen LogP contribution < -0.4 is 20.1 Å². The Kier molecular flexibility index (Phi) is 7.25. The van der Waals surface area contributed by atoms with Gasteiger partial charge in [0.05, 0.1) is 6.61 Å². The van der Waals surface area contributed by atoms with Crippen molar-refractivity contribution in [3.8, 4) is 11.5 Å². The Morgan fingerprint density at radius 1 is 0.964 bits per heavy atom. The fourth-order valence-corrected chi connectivity index (χ4v) is 2.22. The lowest BCUT2D eigenvalue weighted by molar-refractivity contribution is -0.167. The van der Waals surface area contributed by atoms with Crippen LogP contribution in [0.15, 0.2) is 48.5 Å². The van der Waals surface area contributed by atoms with Gasteiger partial charge in [-0.25, -0.2) is 0 Å². The van der Waals surface area contributed by atoms with E-state index in [0.717, 1.165) is 0 Å². The first kappa shape index (κ1) is 21.1. The second-order valence-electron chi connectivity index (χ2n) is 5.55. The summed E-state index contributed by atoms with van der Waals surface area (Å²) in [6.07, 6.45) is -5.00. The number of carbonyl (C=O) groups is 2. The Labute approximate surface area is 159 Å². The van der Waals surface area contributed by atoms with Crippen LogP contribution in [0.4, 0.5) is 18.9 Å². The van der Waals surface area contributed by atoms with E-state index in [0.29, 0.717) is 23.7 Å². The summed E-state index contributed by atoms with van der Waals surface area (Å²) in [7, 11) is 0. The molecule has 0 unspecified atom stereocenters. The molecule has 6 nitrogen and oxygen atoms in total. The number of rotatable bonds is 8. The van der Waals surface area contributed by atoms with E-state index in [-0.39, 0.29) is 18.8 Å². The van der Waals surface area contributed by atoms with Crippen LogP contribution in [0.1, 0.15) is 12.5 Å². The van der Waals surface area contributed by atoms with Gasteiger partial charge < -0.3 is 20.1 Å². The lowest BCUT2D eigenvalue weighted by Gasteiger charge is -2.14. The van der Waals surface area contributed by atoms with E-state index in [9.17, 15) is 22.8 Å². The summed E-state index contributed by atoms with van der Waals surface area (Å²) in [6, 6.07) is 12.7. The van der Waals surface area contributed by atoms with Crippen molar-refractivity contribution in [2.45, 2.75) is 19.6 Å². The van der Waals surface area contributed by atoms with Gasteiger partial charge in [-0.3, -0.25) is 9.59 Å². The van der Waals surface area contributed by atoms with Crippen molar-refractivity contribution in [2.24, 2.45) is 0 Å². The summed E-state index contributed by atoms with van der Waals surface area (Å²) < 4.78 is 48.1. The molecule has 150 valence electrons. The topological polar surface area (TPSA) is 76.7 Å². The molecule has 0 radical (unpaired) electrons. The van der Waals surface area contributed by atoms with Crippen LogP contribution in [-0.2, 0) is 16.1 Å². The van der Waals surface area contributed by atoms with Gasteiger partial charge in [0.1, 0.15) is 0 Å². The molecule has 2 aromatic carbocycles. The SMILES string of the molecule is CCOc1ccccc1OCC(=O)NCc1ccccc1NC(=O)C(F)(F)F. The van der Waals surface area contributed by atoms with Gasteiger partial charge >= 0.3 is 12.1 Å². The summed E-state index contributed by atoms with van der Waals surface area (Å²) in [5.74, 6) is -1.67. The molecule has 0 heterocycles. The maximum absolute atomic E-state index is 12.4. The van der Waals surface area contributed by atoms with E-state index in [1.807, 2.05) is 6.92 Å². The van der Waals surface area contributed by atoms with Gasteiger partial charge in [-0.15, -0.1) is 0 Å². The number of halogens is 3. The van der Waals surface area contributed by atoms with Crippen molar-refractivity contribution >= 4 is 17.5 Å². The highest BCUT2D eigenvalue weighted by molar-refractivity contribution is 5.95. The lowest BCUT2D eigenvalue weighted by atomic mass is 10.1. The first-order chi connectivity index (χ1) is 13.3. The van der Waals surface area contributed by atoms with Crippen molar-refractivity contribution in [2.75, 3.05) is 18.5 Å². The molecular weight excluding hydrogens is 377 g/mol. The number of hydrogen-bond donors (Lipinski definition) is 2. The lowest BCUT2D eigenvalue weighted by Crippen LogP contribution is -2.31. The molecular formula is C19H19F3N2O4. The van der Waals surface area contributed by atoms with Crippen LogP contribution in [0.25, 0.3) is 0 Å². The molecule has 0 aromatic heterocycles. The fraction of sp³-hybridized carbons (Fsp3) is 0.263. The Hall–Kier alpha value is -3.23. The highest BCUT2D eigenvalue weighted by atomic mass is 19.4. The first-order valence-electron chi connectivity index (χ1n) is 8.38. The number of benzene rings is 2. The van der Waals surface area contributed by atoms with E-state index < -0.39 is 18.0 Å². The smallest absolute Gasteiger partial charge is 0.471 e. The van der Waals surface area contributed by atoms with E-state index in [4.69, 9.17) is 9.47 Å². The van der Waals surface area contributed by atoms with Crippen LogP contribution in [0.2, 0.25) is 0 Å². The van der Waals surface area contributed by atoms with E-state index in [1.54, 1.807) is 35.6 Å². The number of nitrogens with one attached hydrogen (secondary N) is 2. The van der Waals surface area contributed by atoms with Crippen LogP contribution >= 0.6 is 0 Å². The largest absolute Gasteiger partial charge is 0.490 e. The van der Waals surface area contributed by atoms with E-state index >= 15 is 0 Å². The predicted molar refractivity (Wildman–Crippen MR) is 96.1 cm³/mol. The maximum Gasteiger partial charge on any atom is 0.471 e. The van der Waals surface area contributed by atoms with Gasteiger partial charge in [0.15, 0.2) is 18.1 Å². The molecule has 0 saturated heterocycles. The summed E-state index contributed by atoms with van der Waals surface area (Å²) in [6.45, 7) is 1.87. The standard InChI is InChI=1S/C19H19F3N2O4/c1-2-27-15-9-5-6-10-16(15)28-12-17(25)23-11-13-7-3-4-8-14(13)24-18(26)19(20,21)22/h3-10H,2,11-12H2,1H3,(H,23,25)(H,24,26). The summed E-state index contributed by atoms with van der Waals surface area (Å²) in [5, 5.41) is 4.33. The molecule has 0 aliphatic carbocycles. The molecule has 2 amide bonds. The monoisotopic (exact) mass is 396 g/mol. The predicted octanol–water partition coefficient (Wildman–Crippen LogP) is 3.28. The minimum absolute atomic E-state index is 0.0345. The van der Waals surface area contributed by atoms with E-state index in [2.05, 4.69) is 5.32 Å². The third-order valence-electron chi connectivity index (χ3n) is 3.51. The van der Waals surface area contributed by atoms with Gasteiger partial charge in [-0.2, -0.15) is 13.2 Å². The van der Waals surface area contributed by atoms with Crippen molar-refractivity contribution in [3.63, 3.8) is 0 Å². The fourth-order valence-electron chi connectivity index (χ4n) is 2.22. The van der Waals surface area contributed by atoms with E-state index in [1.165, 1.54) is 18.2 Å². The zero-order valence-electron chi connectivity index (χ0n) is 15.0. The third-order valence-corrected chi connectivity index (χ3v) is 3.51. The first-order valence-corrected chi connectivity index (χ1v) is 8.38. The highest BCUT2D eigenvalue weighted by Gasteiger charge is 2.38. The zero-order chi connectivity index (χ0) is 20.6. The van der Waals surface area contributed by atoms with Gasteiger partial charge in [0, 0.05) is 12.2 Å². The van der Waals surface area contributed by atoms with Crippen LogP contribution in [-0.4, -0.2) is 31.2 Å². The molecule has 2 N–H and O–H groups in total. The van der Waals surface area contributed by atoms with Gasteiger partial charge in [-0.05, 0) is 30.7 Å². The van der Waals surface area contributed by atoms with Crippen LogP contribution in [0.5, 0.6) is 11.5 Å². The average Bonchev–Trinajstić information content (AvgIpc) is 2.66. The summed E-state index contributed by atoms with van der Waals surface area (Å²) in [5.41, 5.74) is 0.288. The molecule has 2 rings (SSSR count). The minimum Gasteiger partial charge on any atom is -0.490 e. The zero-order valence-corrected chi connectivity index (χ0v) is 15.0. The molecule has 0 aliphatic heterocycles. The number of alkyl halides is 3. The maximum atomic E-state index is 12.4. The highest BCUT2D eigenvalue weighted by Crippen LogP contribution is 2.26. The van der Waals surface area contributed by atoms with Crippen molar-refractivity contribution in [1.82, 2.24) is 5.32 Å². The number of hydrogen-bond acceptors (Lipinski definition) is 4. The third kappa shape index (κ3) is 6.19. The van der Waals surface area contributed by atoms with Gasteiger partial charge in [0.2, 0.25) is 0 Å². The molecule has 0 atom stereocenters. The molecule has 2 aromatic rings. The normalized spacial score (nSPS) is 10.9. The Balaban J connectivity index is 1.92. The molecule has 0 saturated carbocycles. The molecule has 0 aliphatic rings. The number of amides is 2. The summed E-state index contributed by atoms with van der Waals surface area (Å²) in [4.78, 5) is 23.1. The minimum atomic E-state index is -5.00. The Morgan fingerprint density at radius 2 is 1.57 bits per heavy atom. The number of ether oxygens (including phenoxy) is 2. The summed E-state index contributed by atoms with van der Waals surface area (Å²) >= 11 is 0. The van der Waals surface area contributed by atoms with Crippen molar-refractivity contribution in [1.29, 1.82) is 0 Å². The quantitative estimate of drug-likeness (QED) is 0.718. The Bertz CT molecular complexity index is 825. The van der Waals surface area contributed by atoms with Crippen molar-refractivity contribution < 1.29 is 32.2 Å². The number of anilines is 1. The molecule has 28 heavy (non-hydrogen) atoms. The van der Waals surface area contributed by atoms with Crippen LogP contribution in [0, 0.1) is 0 Å². The molecule has 0 spiro atoms. The molecule has 0 bridgehead atoms. The second-order valence-corrected chi connectivity index (χ2v) is 5.55.